The highest BCUT2D eigenvalue weighted by atomic mass is 35.5. The third-order valence-corrected chi connectivity index (χ3v) is 4.37. The molecular weight excluding hydrogens is 298 g/mol. The topological polar surface area (TPSA) is 67.1 Å². The number of anilines is 2. The van der Waals surface area contributed by atoms with E-state index in [-0.39, 0.29) is 0 Å². The monoisotopic (exact) mass is 317 g/mol. The van der Waals surface area contributed by atoms with E-state index in [1.807, 2.05) is 18.2 Å². The smallest absolute Gasteiger partial charge is 0.129 e. The van der Waals surface area contributed by atoms with E-state index < -0.39 is 0 Å². The van der Waals surface area contributed by atoms with Gasteiger partial charge in [0, 0.05) is 31.4 Å². The fraction of sp³-hybridized carbons (Fsp3) is 0.375. The maximum atomic E-state index is 6.23. The Morgan fingerprint density at radius 3 is 3.05 bits per heavy atom. The van der Waals surface area contributed by atoms with Crippen molar-refractivity contribution in [2.45, 2.75) is 18.9 Å². The fourth-order valence-electron chi connectivity index (χ4n) is 2.77. The molecule has 1 atom stereocenters. The standard InChI is InChI=1S/C16H20ClN5/c1-22(11-4-3-7-19-9-11)16-6-2-5-14(21-16)12-8-15(18)20-10-13(12)17/h2,5-6,8,10-11,19H,3-4,7,9H2,1H3,(H2,18,20)/t11-/m0/s1. The third kappa shape index (κ3) is 3.15. The summed E-state index contributed by atoms with van der Waals surface area (Å²) in [4.78, 5) is 11.0. The van der Waals surface area contributed by atoms with E-state index in [9.17, 15) is 0 Å². The van der Waals surface area contributed by atoms with Gasteiger partial charge in [-0.25, -0.2) is 9.97 Å². The third-order valence-electron chi connectivity index (χ3n) is 4.07. The summed E-state index contributed by atoms with van der Waals surface area (Å²) in [5, 5.41) is 3.99. The number of halogens is 1. The first-order valence-corrected chi connectivity index (χ1v) is 7.85. The van der Waals surface area contributed by atoms with Crippen molar-refractivity contribution >= 4 is 23.2 Å². The number of nitrogens with one attached hydrogen (secondary N) is 1. The first-order chi connectivity index (χ1) is 10.6. The molecule has 0 radical (unpaired) electrons. The Morgan fingerprint density at radius 1 is 1.41 bits per heavy atom. The highest BCUT2D eigenvalue weighted by Crippen LogP contribution is 2.29. The van der Waals surface area contributed by atoms with Crippen LogP contribution in [0.25, 0.3) is 11.3 Å². The number of hydrogen-bond donors (Lipinski definition) is 2. The zero-order valence-corrected chi connectivity index (χ0v) is 13.3. The summed E-state index contributed by atoms with van der Waals surface area (Å²) in [5.41, 5.74) is 7.39. The molecule has 3 rings (SSSR count). The van der Waals surface area contributed by atoms with Crippen molar-refractivity contribution < 1.29 is 0 Å². The molecule has 3 heterocycles. The minimum absolute atomic E-state index is 0.441. The molecule has 6 heteroatoms. The summed E-state index contributed by atoms with van der Waals surface area (Å²) in [6.07, 6.45) is 3.94. The van der Waals surface area contributed by atoms with E-state index in [1.54, 1.807) is 12.3 Å². The van der Waals surface area contributed by atoms with Crippen molar-refractivity contribution in [3.8, 4) is 11.3 Å². The van der Waals surface area contributed by atoms with E-state index in [0.29, 0.717) is 16.9 Å². The molecule has 0 aromatic carbocycles. The van der Waals surface area contributed by atoms with Crippen LogP contribution in [0.2, 0.25) is 5.02 Å². The normalized spacial score (nSPS) is 18.2. The molecule has 1 aliphatic rings. The Morgan fingerprint density at radius 2 is 2.27 bits per heavy atom. The number of piperidine rings is 1. The molecule has 0 aliphatic carbocycles. The lowest BCUT2D eigenvalue weighted by molar-refractivity contribution is 0.443. The Balaban J connectivity index is 1.90. The van der Waals surface area contributed by atoms with Gasteiger partial charge < -0.3 is 16.0 Å². The van der Waals surface area contributed by atoms with Gasteiger partial charge in [0.05, 0.1) is 10.7 Å². The van der Waals surface area contributed by atoms with Crippen LogP contribution in [-0.2, 0) is 0 Å². The van der Waals surface area contributed by atoms with E-state index in [4.69, 9.17) is 22.3 Å². The zero-order valence-electron chi connectivity index (χ0n) is 12.6. The minimum atomic E-state index is 0.441. The van der Waals surface area contributed by atoms with E-state index in [1.165, 1.54) is 12.8 Å². The van der Waals surface area contributed by atoms with Gasteiger partial charge >= 0.3 is 0 Å². The Kier molecular flexibility index (Phi) is 4.45. The molecule has 1 fully saturated rings. The predicted octanol–water partition coefficient (Wildman–Crippen LogP) is 2.57. The van der Waals surface area contributed by atoms with E-state index in [0.717, 1.165) is 30.2 Å². The van der Waals surface area contributed by atoms with Crippen molar-refractivity contribution in [3.63, 3.8) is 0 Å². The number of nitrogens with two attached hydrogens (primary N) is 1. The van der Waals surface area contributed by atoms with Crippen LogP contribution in [0.5, 0.6) is 0 Å². The Hall–Kier alpha value is -1.85. The molecule has 2 aromatic rings. The first kappa shape index (κ1) is 15.1. The number of nitrogens with zero attached hydrogens (tertiary/aromatic N) is 3. The maximum absolute atomic E-state index is 6.23. The lowest BCUT2D eigenvalue weighted by Crippen LogP contribution is -2.44. The van der Waals surface area contributed by atoms with Crippen molar-refractivity contribution in [2.75, 3.05) is 30.8 Å². The highest BCUT2D eigenvalue weighted by Gasteiger charge is 2.19. The molecule has 1 aliphatic heterocycles. The van der Waals surface area contributed by atoms with Gasteiger partial charge in [0.1, 0.15) is 11.6 Å². The maximum Gasteiger partial charge on any atom is 0.129 e. The van der Waals surface area contributed by atoms with Crippen LogP contribution in [-0.4, -0.2) is 36.1 Å². The highest BCUT2D eigenvalue weighted by molar-refractivity contribution is 6.33. The van der Waals surface area contributed by atoms with Crippen molar-refractivity contribution in [2.24, 2.45) is 0 Å². The molecule has 5 nitrogen and oxygen atoms in total. The average Bonchev–Trinajstić information content (AvgIpc) is 2.57. The van der Waals surface area contributed by atoms with Crippen LogP contribution in [0.3, 0.4) is 0 Å². The molecule has 0 unspecified atom stereocenters. The summed E-state index contributed by atoms with van der Waals surface area (Å²) in [6.45, 7) is 2.09. The van der Waals surface area contributed by atoms with Crippen LogP contribution in [0.4, 0.5) is 11.6 Å². The molecule has 0 spiro atoms. The van der Waals surface area contributed by atoms with E-state index in [2.05, 4.69) is 22.2 Å². The van der Waals surface area contributed by atoms with Crippen molar-refractivity contribution in [1.29, 1.82) is 0 Å². The zero-order chi connectivity index (χ0) is 15.5. The largest absolute Gasteiger partial charge is 0.384 e. The average molecular weight is 318 g/mol. The molecule has 0 amide bonds. The lowest BCUT2D eigenvalue weighted by atomic mass is 10.1. The van der Waals surface area contributed by atoms with Gasteiger partial charge in [-0.05, 0) is 37.6 Å². The summed E-state index contributed by atoms with van der Waals surface area (Å²) in [6, 6.07) is 8.19. The van der Waals surface area contributed by atoms with Crippen molar-refractivity contribution in [3.05, 3.63) is 35.5 Å². The molecule has 116 valence electrons. The molecule has 22 heavy (non-hydrogen) atoms. The van der Waals surface area contributed by atoms with Gasteiger partial charge in [-0.15, -0.1) is 0 Å². The summed E-state index contributed by atoms with van der Waals surface area (Å²) >= 11 is 6.23. The van der Waals surface area contributed by atoms with E-state index >= 15 is 0 Å². The predicted molar refractivity (Wildman–Crippen MR) is 91.2 cm³/mol. The van der Waals surface area contributed by atoms with Crippen molar-refractivity contribution in [1.82, 2.24) is 15.3 Å². The van der Waals surface area contributed by atoms with Crippen LogP contribution < -0.4 is 16.0 Å². The quantitative estimate of drug-likeness (QED) is 0.910. The van der Waals surface area contributed by atoms with Gasteiger partial charge in [0.2, 0.25) is 0 Å². The molecule has 3 N–H and O–H groups in total. The molecule has 2 aromatic heterocycles. The minimum Gasteiger partial charge on any atom is -0.384 e. The Labute approximate surface area is 135 Å². The number of aromatic nitrogens is 2. The van der Waals surface area contributed by atoms with Gasteiger partial charge in [-0.3, -0.25) is 0 Å². The summed E-state index contributed by atoms with van der Waals surface area (Å²) < 4.78 is 0. The second kappa shape index (κ2) is 6.50. The van der Waals surface area contributed by atoms with Crippen LogP contribution in [0, 0.1) is 0 Å². The van der Waals surface area contributed by atoms with Gasteiger partial charge in [-0.1, -0.05) is 17.7 Å². The molecule has 0 saturated carbocycles. The van der Waals surface area contributed by atoms with Crippen LogP contribution in [0.1, 0.15) is 12.8 Å². The number of rotatable bonds is 3. The number of pyridine rings is 2. The van der Waals surface area contributed by atoms with Crippen LogP contribution in [0.15, 0.2) is 30.5 Å². The summed E-state index contributed by atoms with van der Waals surface area (Å²) in [7, 11) is 2.09. The number of likely N-dealkylation sites (N-methyl/N-ethyl adjacent to an activating group) is 1. The summed E-state index contributed by atoms with van der Waals surface area (Å²) in [5.74, 6) is 1.38. The lowest BCUT2D eigenvalue weighted by Gasteiger charge is -2.32. The first-order valence-electron chi connectivity index (χ1n) is 7.47. The fourth-order valence-corrected chi connectivity index (χ4v) is 2.97. The Bertz CT molecular complexity index is 655. The van der Waals surface area contributed by atoms with Gasteiger partial charge in [-0.2, -0.15) is 0 Å². The SMILES string of the molecule is CN(c1cccc(-c2cc(N)ncc2Cl)n1)[C@H]1CCCNC1. The molecular formula is C16H20ClN5. The van der Waals surface area contributed by atoms with Crippen LogP contribution >= 0.6 is 11.6 Å². The molecule has 0 bridgehead atoms. The second-order valence-electron chi connectivity index (χ2n) is 5.58. The van der Waals surface area contributed by atoms with Gasteiger partial charge in [0.25, 0.3) is 0 Å². The molecule has 1 saturated heterocycles. The van der Waals surface area contributed by atoms with Gasteiger partial charge in [0.15, 0.2) is 0 Å². The number of nitrogen functional groups attached to an aromatic ring is 1. The second-order valence-corrected chi connectivity index (χ2v) is 5.99. The number of hydrogen-bond acceptors (Lipinski definition) is 5.